The summed E-state index contributed by atoms with van der Waals surface area (Å²) in [7, 11) is -2.43. The van der Waals surface area contributed by atoms with E-state index in [0.717, 1.165) is 39.3 Å². The zero-order valence-corrected chi connectivity index (χ0v) is 17.6. The minimum Gasteiger partial charge on any atom is -0.425 e. The van der Waals surface area contributed by atoms with Crippen LogP contribution < -0.4 is 4.52 Å². The number of hydrogen-bond donors (Lipinski definition) is 2. The van der Waals surface area contributed by atoms with Gasteiger partial charge >= 0.3 is 8.60 Å². The third-order valence-corrected chi connectivity index (χ3v) is 5.45. The number of nitrogens with zero attached hydrogens (tertiary/aromatic N) is 3. The lowest BCUT2D eigenvalue weighted by molar-refractivity contribution is -0.117. The molecule has 4 aliphatic rings. The molecule has 0 bridgehead atoms. The molecule has 0 atom stereocenters. The van der Waals surface area contributed by atoms with Crippen molar-refractivity contribution in [2.45, 2.75) is 0 Å². The average Bonchev–Trinajstić information content (AvgIpc) is 3.51. The van der Waals surface area contributed by atoms with Crippen LogP contribution in [-0.4, -0.2) is 75.3 Å². The van der Waals surface area contributed by atoms with E-state index in [-0.39, 0.29) is 22.3 Å². The normalized spacial score (nSPS) is 19.9. The SMILES string of the molecule is O=C1C=C(N2CC2)C(=O)C(N2CC2)=C1N1CC1.OP(O)Oc1ccc(Cl)cc1Cl. The summed E-state index contributed by atoms with van der Waals surface area (Å²) in [6.45, 7) is 5.41. The molecule has 154 valence electrons. The maximum absolute atomic E-state index is 12.4. The Morgan fingerprint density at radius 1 is 0.897 bits per heavy atom. The smallest absolute Gasteiger partial charge is 0.391 e. The van der Waals surface area contributed by atoms with Gasteiger partial charge < -0.3 is 29.0 Å². The first-order valence-corrected chi connectivity index (χ1v) is 10.9. The van der Waals surface area contributed by atoms with Crippen molar-refractivity contribution in [2.24, 2.45) is 0 Å². The van der Waals surface area contributed by atoms with Crippen molar-refractivity contribution < 1.29 is 23.9 Å². The van der Waals surface area contributed by atoms with E-state index in [2.05, 4.69) is 4.52 Å². The Morgan fingerprint density at radius 2 is 1.48 bits per heavy atom. The van der Waals surface area contributed by atoms with Gasteiger partial charge in [0.1, 0.15) is 17.1 Å². The van der Waals surface area contributed by atoms with Crippen LogP contribution in [0.25, 0.3) is 0 Å². The summed E-state index contributed by atoms with van der Waals surface area (Å²) in [4.78, 5) is 47.5. The Hall–Kier alpha value is -1.83. The third-order valence-electron chi connectivity index (χ3n) is 4.56. The third kappa shape index (κ3) is 4.85. The van der Waals surface area contributed by atoms with Crippen LogP contribution in [0.4, 0.5) is 0 Å². The highest BCUT2D eigenvalue weighted by atomic mass is 35.5. The molecule has 3 fully saturated rings. The lowest BCUT2D eigenvalue weighted by atomic mass is 10.0. The minimum atomic E-state index is -2.43. The van der Waals surface area contributed by atoms with Gasteiger partial charge in [-0.25, -0.2) is 0 Å². The Kier molecular flexibility index (Phi) is 5.73. The highest BCUT2D eigenvalue weighted by Gasteiger charge is 2.43. The number of allylic oxidation sites excluding steroid dienone is 1. The number of rotatable bonds is 5. The molecule has 0 amide bonds. The Morgan fingerprint density at radius 3 is 2.00 bits per heavy atom. The van der Waals surface area contributed by atoms with Crippen LogP contribution >= 0.6 is 31.8 Å². The first kappa shape index (κ1) is 20.4. The van der Waals surface area contributed by atoms with Crippen LogP contribution in [0.2, 0.25) is 10.0 Å². The standard InChI is InChI=1S/C12H13N3O2.C6H5Cl2O3P/c16-9-7-8(13-1-2-13)12(17)11(15-5-6-15)10(9)14-3-4-14;7-4-1-2-6(5(8)3-4)11-12(9)10/h7H,1-6H2;1-3,9-10H. The molecular weight excluding hydrogens is 440 g/mol. The van der Waals surface area contributed by atoms with Crippen molar-refractivity contribution in [2.75, 3.05) is 39.3 Å². The van der Waals surface area contributed by atoms with Crippen molar-refractivity contribution in [3.8, 4) is 5.75 Å². The van der Waals surface area contributed by atoms with Crippen molar-refractivity contribution in [1.29, 1.82) is 0 Å². The number of carbonyl (C=O) groups is 2. The summed E-state index contributed by atoms with van der Waals surface area (Å²) in [5, 5.41) is 0.714. The van der Waals surface area contributed by atoms with Gasteiger partial charge in [-0.15, -0.1) is 0 Å². The van der Waals surface area contributed by atoms with Gasteiger partial charge in [0, 0.05) is 50.4 Å². The molecule has 1 aliphatic carbocycles. The molecule has 1 aromatic carbocycles. The Bertz CT molecular complexity index is 924. The van der Waals surface area contributed by atoms with Crippen LogP contribution in [0.1, 0.15) is 0 Å². The number of carbonyl (C=O) groups excluding carboxylic acids is 2. The molecule has 8 nitrogen and oxygen atoms in total. The van der Waals surface area contributed by atoms with E-state index >= 15 is 0 Å². The van der Waals surface area contributed by atoms with Gasteiger partial charge in [-0.1, -0.05) is 23.2 Å². The Labute approximate surface area is 178 Å². The van der Waals surface area contributed by atoms with Crippen molar-refractivity contribution >= 4 is 43.4 Å². The second kappa shape index (κ2) is 8.13. The number of ketones is 2. The fourth-order valence-corrected chi connectivity index (χ4v) is 3.75. The van der Waals surface area contributed by atoms with Crippen LogP contribution in [0.3, 0.4) is 0 Å². The first-order valence-electron chi connectivity index (χ1n) is 8.96. The van der Waals surface area contributed by atoms with Gasteiger partial charge in [0.15, 0.2) is 0 Å². The fraction of sp³-hybridized carbons (Fsp3) is 0.333. The molecule has 3 saturated heterocycles. The van der Waals surface area contributed by atoms with Gasteiger partial charge in [0.25, 0.3) is 0 Å². The van der Waals surface area contributed by atoms with E-state index in [1.807, 2.05) is 14.7 Å². The maximum atomic E-state index is 12.4. The van der Waals surface area contributed by atoms with Gasteiger partial charge in [-0.05, 0) is 18.2 Å². The van der Waals surface area contributed by atoms with Gasteiger partial charge in [0.05, 0.1) is 10.7 Å². The van der Waals surface area contributed by atoms with Crippen molar-refractivity contribution in [3.63, 3.8) is 0 Å². The number of benzene rings is 1. The molecule has 0 aromatic heterocycles. The summed E-state index contributed by atoms with van der Waals surface area (Å²) < 4.78 is 4.59. The van der Waals surface area contributed by atoms with Crippen LogP contribution in [0.15, 0.2) is 41.4 Å². The molecule has 0 saturated carbocycles. The lowest BCUT2D eigenvalue weighted by Gasteiger charge is -2.21. The molecule has 0 spiro atoms. The van der Waals surface area contributed by atoms with E-state index in [1.165, 1.54) is 18.2 Å². The Balaban J connectivity index is 0.000000152. The van der Waals surface area contributed by atoms with Crippen molar-refractivity contribution in [1.82, 2.24) is 14.7 Å². The molecule has 2 N–H and O–H groups in total. The highest BCUT2D eigenvalue weighted by molar-refractivity contribution is 7.39. The fourth-order valence-electron chi connectivity index (χ4n) is 2.91. The predicted octanol–water partition coefficient (Wildman–Crippen LogP) is 1.76. The topological polar surface area (TPSA) is 92.9 Å². The van der Waals surface area contributed by atoms with E-state index in [1.54, 1.807) is 6.07 Å². The van der Waals surface area contributed by atoms with Crippen molar-refractivity contribution in [3.05, 3.63) is 51.4 Å². The lowest BCUT2D eigenvalue weighted by Crippen LogP contribution is -2.29. The quantitative estimate of drug-likeness (QED) is 0.392. The van der Waals surface area contributed by atoms with Gasteiger partial charge in [0.2, 0.25) is 11.6 Å². The average molecular weight is 458 g/mol. The molecule has 11 heteroatoms. The molecule has 0 radical (unpaired) electrons. The number of Topliss-reactive ketones (excluding diaryl/α,β-unsaturated/α-hetero) is 1. The molecule has 3 heterocycles. The summed E-state index contributed by atoms with van der Waals surface area (Å²) in [5.74, 6) is 0.254. The molecule has 1 aromatic rings. The molecule has 29 heavy (non-hydrogen) atoms. The monoisotopic (exact) mass is 457 g/mol. The number of halogens is 2. The van der Waals surface area contributed by atoms with Gasteiger partial charge in [-0.3, -0.25) is 9.59 Å². The zero-order valence-electron chi connectivity index (χ0n) is 15.2. The second-order valence-electron chi connectivity index (χ2n) is 6.80. The molecular formula is C18H18Cl2N3O5P. The summed E-state index contributed by atoms with van der Waals surface area (Å²) in [6, 6.07) is 4.46. The summed E-state index contributed by atoms with van der Waals surface area (Å²) >= 11 is 11.2. The second-order valence-corrected chi connectivity index (χ2v) is 8.33. The van der Waals surface area contributed by atoms with E-state index < -0.39 is 8.60 Å². The summed E-state index contributed by atoms with van der Waals surface area (Å²) in [5.41, 5.74) is 1.89. The van der Waals surface area contributed by atoms with Crippen LogP contribution in [0, 0.1) is 0 Å². The van der Waals surface area contributed by atoms with Crippen LogP contribution in [-0.2, 0) is 9.59 Å². The largest absolute Gasteiger partial charge is 0.425 e. The first-order chi connectivity index (χ1) is 13.8. The minimum absolute atomic E-state index is 0.00546. The van der Waals surface area contributed by atoms with Gasteiger partial charge in [-0.2, -0.15) is 0 Å². The molecule has 3 aliphatic heterocycles. The van der Waals surface area contributed by atoms with Crippen LogP contribution in [0.5, 0.6) is 5.75 Å². The maximum Gasteiger partial charge on any atom is 0.391 e. The molecule has 5 rings (SSSR count). The zero-order chi connectivity index (χ0) is 20.7. The van der Waals surface area contributed by atoms with E-state index in [4.69, 9.17) is 33.0 Å². The predicted molar refractivity (Wildman–Crippen MR) is 108 cm³/mol. The number of hydrogen-bond acceptors (Lipinski definition) is 8. The summed E-state index contributed by atoms with van der Waals surface area (Å²) in [6.07, 6.45) is 1.52. The van der Waals surface area contributed by atoms with E-state index in [0.29, 0.717) is 22.1 Å². The highest BCUT2D eigenvalue weighted by Crippen LogP contribution is 2.36. The van der Waals surface area contributed by atoms with E-state index in [9.17, 15) is 9.59 Å². The molecule has 0 unspecified atom stereocenters.